The van der Waals surface area contributed by atoms with E-state index in [0.717, 1.165) is 57.9 Å². The molecule has 2 saturated carbocycles. The molecule has 5 fully saturated rings. The Balaban J connectivity index is 1.11. The molecule has 6 atom stereocenters. The van der Waals surface area contributed by atoms with E-state index in [2.05, 4.69) is 16.7 Å². The maximum atomic E-state index is 12.9. The molecular weight excluding hydrogens is 447 g/mol. The summed E-state index contributed by atoms with van der Waals surface area (Å²) in [5.74, 6) is 0.945. The van der Waals surface area contributed by atoms with Gasteiger partial charge in [0.05, 0.1) is 28.2 Å². The summed E-state index contributed by atoms with van der Waals surface area (Å²) < 4.78 is 12.0. The van der Waals surface area contributed by atoms with E-state index in [1.165, 1.54) is 19.3 Å². The highest BCUT2D eigenvalue weighted by Crippen LogP contribution is 2.62. The van der Waals surface area contributed by atoms with Crippen LogP contribution in [0.5, 0.6) is 0 Å². The van der Waals surface area contributed by atoms with Gasteiger partial charge in [-0.2, -0.15) is 0 Å². The number of fused-ring (bicyclic) bond motifs is 3. The number of epoxide rings is 1. The minimum absolute atomic E-state index is 0.00111. The topological polar surface area (TPSA) is 45.3 Å². The van der Waals surface area contributed by atoms with Crippen LogP contribution in [0.1, 0.15) is 39.0 Å². The molecule has 6 rings (SSSR count). The average molecular weight is 479 g/mol. The van der Waals surface area contributed by atoms with Crippen LogP contribution in [0.25, 0.3) is 0 Å². The van der Waals surface area contributed by atoms with Crippen LogP contribution in [-0.2, 0) is 14.3 Å². The number of hydrogen-bond acceptors (Lipinski definition) is 5. The molecule has 0 aromatic heterocycles. The standard InChI is InChI=1S/C25H32Cl2N2O3/c1-24-5-2-6-25(15-31-25)22(24)12-17-18(23(30)32-21(17)13-24)14-28-7-9-29(10-8-28)16-3-4-19(26)20(27)11-16/h3-4,11,17-18,21-22H,2,5-10,12-15H2,1H3/t17-,18-,21-,22-,24-,25-/m1/s1. The monoisotopic (exact) mass is 478 g/mol. The second kappa shape index (κ2) is 7.76. The number of anilines is 1. The van der Waals surface area contributed by atoms with Gasteiger partial charge in [-0.1, -0.05) is 30.1 Å². The van der Waals surface area contributed by atoms with Crippen LogP contribution in [0.2, 0.25) is 10.0 Å². The Labute approximate surface area is 200 Å². The van der Waals surface area contributed by atoms with Crippen molar-refractivity contribution in [3.8, 4) is 0 Å². The van der Waals surface area contributed by atoms with Crippen molar-refractivity contribution in [2.75, 3.05) is 44.2 Å². The maximum Gasteiger partial charge on any atom is 0.310 e. The van der Waals surface area contributed by atoms with E-state index < -0.39 is 0 Å². The first-order valence-corrected chi connectivity index (χ1v) is 12.9. The molecule has 174 valence electrons. The van der Waals surface area contributed by atoms with Crippen LogP contribution < -0.4 is 4.90 Å². The van der Waals surface area contributed by atoms with E-state index in [1.54, 1.807) is 0 Å². The van der Waals surface area contributed by atoms with Gasteiger partial charge in [0, 0.05) is 44.3 Å². The van der Waals surface area contributed by atoms with Gasteiger partial charge in [-0.15, -0.1) is 0 Å². The quantitative estimate of drug-likeness (QED) is 0.467. The van der Waals surface area contributed by atoms with Gasteiger partial charge < -0.3 is 14.4 Å². The lowest BCUT2D eigenvalue weighted by Gasteiger charge is -2.51. The first-order chi connectivity index (χ1) is 15.4. The Morgan fingerprint density at radius 2 is 1.91 bits per heavy atom. The minimum Gasteiger partial charge on any atom is -0.462 e. The summed E-state index contributed by atoms with van der Waals surface area (Å²) in [6, 6.07) is 5.83. The van der Waals surface area contributed by atoms with E-state index in [-0.39, 0.29) is 29.0 Å². The molecule has 3 aliphatic heterocycles. The molecule has 5 aliphatic rings. The Kier molecular flexibility index (Phi) is 5.22. The Morgan fingerprint density at radius 3 is 2.62 bits per heavy atom. The summed E-state index contributed by atoms with van der Waals surface area (Å²) in [4.78, 5) is 17.7. The zero-order valence-electron chi connectivity index (χ0n) is 18.7. The van der Waals surface area contributed by atoms with E-state index in [1.807, 2.05) is 18.2 Å². The molecule has 3 heterocycles. The fourth-order valence-electron chi connectivity index (χ4n) is 7.31. The molecule has 1 aromatic rings. The lowest BCUT2D eigenvalue weighted by atomic mass is 9.53. The van der Waals surface area contributed by atoms with Crippen LogP contribution >= 0.6 is 23.2 Å². The van der Waals surface area contributed by atoms with E-state index in [0.29, 0.717) is 21.9 Å². The van der Waals surface area contributed by atoms with Crippen LogP contribution in [-0.4, -0.2) is 61.9 Å². The largest absolute Gasteiger partial charge is 0.462 e. The number of esters is 1. The summed E-state index contributed by atoms with van der Waals surface area (Å²) in [5.41, 5.74) is 1.48. The third-order valence-corrected chi connectivity index (χ3v) is 9.91. The van der Waals surface area contributed by atoms with Crippen molar-refractivity contribution in [2.45, 2.75) is 50.7 Å². The lowest BCUT2D eigenvalue weighted by molar-refractivity contribution is -0.147. The summed E-state index contributed by atoms with van der Waals surface area (Å²) in [7, 11) is 0. The van der Waals surface area contributed by atoms with Crippen LogP contribution in [0.15, 0.2) is 18.2 Å². The summed E-state index contributed by atoms with van der Waals surface area (Å²) in [6.07, 6.45) is 5.87. The Bertz CT molecular complexity index is 914. The molecule has 0 N–H and O–H groups in total. The third-order valence-electron chi connectivity index (χ3n) is 9.17. The number of carbonyl (C=O) groups excluding carboxylic acids is 1. The third kappa shape index (κ3) is 3.55. The maximum absolute atomic E-state index is 12.9. The van der Waals surface area contributed by atoms with Crippen molar-refractivity contribution in [2.24, 2.45) is 23.2 Å². The molecule has 1 spiro atoms. The lowest BCUT2D eigenvalue weighted by Crippen LogP contribution is -2.52. The van der Waals surface area contributed by atoms with Crippen molar-refractivity contribution < 1.29 is 14.3 Å². The molecule has 1 aromatic carbocycles. The number of halogens is 2. The van der Waals surface area contributed by atoms with Crippen molar-refractivity contribution in [1.29, 1.82) is 0 Å². The van der Waals surface area contributed by atoms with Gasteiger partial charge in [-0.25, -0.2) is 0 Å². The van der Waals surface area contributed by atoms with Gasteiger partial charge in [0.1, 0.15) is 6.10 Å². The van der Waals surface area contributed by atoms with Crippen molar-refractivity contribution in [3.05, 3.63) is 28.2 Å². The van der Waals surface area contributed by atoms with Crippen molar-refractivity contribution in [1.82, 2.24) is 4.90 Å². The highest BCUT2D eigenvalue weighted by molar-refractivity contribution is 6.42. The van der Waals surface area contributed by atoms with Gasteiger partial charge in [-0.3, -0.25) is 9.69 Å². The highest BCUT2D eigenvalue weighted by Gasteiger charge is 2.65. The average Bonchev–Trinajstić information content (AvgIpc) is 3.47. The number of nitrogens with zero attached hydrogens (tertiary/aromatic N) is 2. The summed E-state index contributed by atoms with van der Waals surface area (Å²) in [5, 5.41) is 1.18. The van der Waals surface area contributed by atoms with Gasteiger partial charge >= 0.3 is 5.97 Å². The predicted molar refractivity (Wildman–Crippen MR) is 125 cm³/mol. The number of hydrogen-bond donors (Lipinski definition) is 0. The highest BCUT2D eigenvalue weighted by atomic mass is 35.5. The van der Waals surface area contributed by atoms with Gasteiger partial charge in [0.15, 0.2) is 0 Å². The minimum atomic E-state index is -0.00111. The molecule has 0 unspecified atom stereocenters. The van der Waals surface area contributed by atoms with E-state index in [9.17, 15) is 4.79 Å². The molecule has 3 saturated heterocycles. The molecule has 5 nitrogen and oxygen atoms in total. The zero-order chi connectivity index (χ0) is 22.1. The van der Waals surface area contributed by atoms with Crippen LogP contribution in [0.4, 0.5) is 5.69 Å². The SMILES string of the molecule is C[C@]12CCC[C@@]3(CO3)[C@@H]1C[C@H]1[C@@H](C2)OC(=O)[C@@H]1CN1CCN(c2ccc(Cl)c(Cl)c2)CC1. The fourth-order valence-corrected chi connectivity index (χ4v) is 7.61. The van der Waals surface area contributed by atoms with Gasteiger partial charge in [0.25, 0.3) is 0 Å². The molecule has 7 heteroatoms. The molecule has 0 radical (unpaired) electrons. The fraction of sp³-hybridized carbons (Fsp3) is 0.720. The Morgan fingerprint density at radius 1 is 1.12 bits per heavy atom. The van der Waals surface area contributed by atoms with Crippen molar-refractivity contribution >= 4 is 34.9 Å². The smallest absolute Gasteiger partial charge is 0.310 e. The number of carbonyl (C=O) groups is 1. The van der Waals surface area contributed by atoms with Crippen LogP contribution in [0, 0.1) is 23.2 Å². The van der Waals surface area contributed by atoms with Crippen molar-refractivity contribution in [3.63, 3.8) is 0 Å². The molecule has 0 amide bonds. The molecule has 2 aliphatic carbocycles. The number of ether oxygens (including phenoxy) is 2. The van der Waals surface area contributed by atoms with Gasteiger partial charge in [0.2, 0.25) is 0 Å². The molecule has 0 bridgehead atoms. The predicted octanol–water partition coefficient (Wildman–Crippen LogP) is 4.64. The Hall–Kier alpha value is -1.01. The molecular formula is C25H32Cl2N2O3. The van der Waals surface area contributed by atoms with Crippen LogP contribution in [0.3, 0.4) is 0 Å². The first kappa shape index (κ1) is 21.5. The van der Waals surface area contributed by atoms with E-state index in [4.69, 9.17) is 32.7 Å². The number of rotatable bonds is 3. The number of piperazine rings is 1. The first-order valence-electron chi connectivity index (χ1n) is 12.1. The summed E-state index contributed by atoms with van der Waals surface area (Å²) >= 11 is 12.3. The van der Waals surface area contributed by atoms with E-state index >= 15 is 0 Å². The van der Waals surface area contributed by atoms with Gasteiger partial charge in [-0.05, 0) is 61.6 Å². The second-order valence-corrected chi connectivity index (χ2v) is 11.8. The second-order valence-electron chi connectivity index (χ2n) is 11.0. The number of benzene rings is 1. The normalized spacial score (nSPS) is 41.3. The summed E-state index contributed by atoms with van der Waals surface area (Å²) in [6.45, 7) is 7.87. The zero-order valence-corrected chi connectivity index (χ0v) is 20.2. The molecule has 32 heavy (non-hydrogen) atoms.